The summed E-state index contributed by atoms with van der Waals surface area (Å²) in [5.74, 6) is 0.185. The highest BCUT2D eigenvalue weighted by atomic mass is 32.2. The summed E-state index contributed by atoms with van der Waals surface area (Å²) in [5.41, 5.74) is 0.455. The van der Waals surface area contributed by atoms with Gasteiger partial charge in [-0.2, -0.15) is 19.4 Å². The lowest BCUT2D eigenvalue weighted by Crippen LogP contribution is -2.40. The van der Waals surface area contributed by atoms with Crippen LogP contribution in [0.2, 0.25) is 0 Å². The van der Waals surface area contributed by atoms with Gasteiger partial charge < -0.3 is 9.84 Å². The number of hydrogen-bond acceptors (Lipinski definition) is 8. The largest absolute Gasteiger partial charge is 0.493 e. The monoisotopic (exact) mass is 452 g/mol. The zero-order chi connectivity index (χ0) is 22.1. The Morgan fingerprint density at radius 3 is 2.78 bits per heavy atom. The average molecular weight is 452 g/mol. The van der Waals surface area contributed by atoms with Crippen molar-refractivity contribution in [3.8, 4) is 17.6 Å². The first-order valence-electron chi connectivity index (χ1n) is 10.1. The Hall–Kier alpha value is -3.57. The van der Waals surface area contributed by atoms with Gasteiger partial charge >= 0.3 is 6.01 Å². The summed E-state index contributed by atoms with van der Waals surface area (Å²) in [6.07, 6.45) is 7.76. The van der Waals surface area contributed by atoms with E-state index in [1.165, 1.54) is 16.7 Å². The smallest absolute Gasteiger partial charge is 0.326 e. The minimum atomic E-state index is -3.56. The fourth-order valence-electron chi connectivity index (χ4n) is 3.76. The summed E-state index contributed by atoms with van der Waals surface area (Å²) >= 11 is 0. The average Bonchev–Trinajstić information content (AvgIpc) is 3.28. The maximum Gasteiger partial charge on any atom is 0.326 e. The van der Waals surface area contributed by atoms with Crippen molar-refractivity contribution < 1.29 is 18.3 Å². The SMILES string of the molecule is O=S(=O)(c1ccccc1)N1CCC[C@H](n2cc(Oc3nc(O)c4ccncc4n3)cn2)C1. The molecule has 1 N–H and O–H groups in total. The van der Waals surface area contributed by atoms with Crippen molar-refractivity contribution in [3.05, 3.63) is 61.2 Å². The van der Waals surface area contributed by atoms with Crippen LogP contribution in [0.15, 0.2) is 66.1 Å². The molecule has 0 saturated carbocycles. The van der Waals surface area contributed by atoms with E-state index < -0.39 is 10.0 Å². The van der Waals surface area contributed by atoms with Crippen LogP contribution in [0.25, 0.3) is 10.9 Å². The molecule has 0 spiro atoms. The molecule has 1 fully saturated rings. The second-order valence-corrected chi connectivity index (χ2v) is 9.39. The molecule has 1 aliphatic rings. The molecule has 3 aromatic heterocycles. The van der Waals surface area contributed by atoms with E-state index in [1.807, 2.05) is 0 Å². The van der Waals surface area contributed by atoms with Gasteiger partial charge in [-0.25, -0.2) is 8.42 Å². The van der Waals surface area contributed by atoms with Gasteiger partial charge in [0.25, 0.3) is 0 Å². The van der Waals surface area contributed by atoms with Gasteiger partial charge in [-0.3, -0.25) is 9.67 Å². The van der Waals surface area contributed by atoms with Crippen molar-refractivity contribution in [1.82, 2.24) is 29.0 Å². The molecular weight excluding hydrogens is 432 g/mol. The third-order valence-corrected chi connectivity index (χ3v) is 7.24. The first-order valence-corrected chi connectivity index (χ1v) is 11.5. The Morgan fingerprint density at radius 2 is 1.94 bits per heavy atom. The molecule has 0 radical (unpaired) electrons. The quantitative estimate of drug-likeness (QED) is 0.490. The molecule has 0 unspecified atom stereocenters. The third kappa shape index (κ3) is 3.87. The van der Waals surface area contributed by atoms with Crippen molar-refractivity contribution in [2.24, 2.45) is 0 Å². The van der Waals surface area contributed by atoms with E-state index in [1.54, 1.807) is 53.5 Å². The minimum absolute atomic E-state index is 0.0283. The van der Waals surface area contributed by atoms with Crippen LogP contribution in [0.3, 0.4) is 0 Å². The number of pyridine rings is 1. The van der Waals surface area contributed by atoms with Crippen LogP contribution in [-0.4, -0.2) is 55.7 Å². The molecule has 0 bridgehead atoms. The Balaban J connectivity index is 1.33. The summed E-state index contributed by atoms with van der Waals surface area (Å²) in [6.45, 7) is 0.786. The predicted molar refractivity (Wildman–Crippen MR) is 115 cm³/mol. The van der Waals surface area contributed by atoms with Crippen molar-refractivity contribution in [1.29, 1.82) is 0 Å². The molecule has 1 saturated heterocycles. The molecule has 4 heterocycles. The number of hydrogen-bond donors (Lipinski definition) is 1. The van der Waals surface area contributed by atoms with Gasteiger partial charge in [-0.1, -0.05) is 18.2 Å². The van der Waals surface area contributed by atoms with Crippen molar-refractivity contribution in [2.45, 2.75) is 23.8 Å². The summed E-state index contributed by atoms with van der Waals surface area (Å²) in [7, 11) is -3.56. The lowest BCUT2D eigenvalue weighted by molar-refractivity contribution is 0.253. The zero-order valence-electron chi connectivity index (χ0n) is 16.9. The van der Waals surface area contributed by atoms with E-state index >= 15 is 0 Å². The third-order valence-electron chi connectivity index (χ3n) is 5.36. The normalized spacial score (nSPS) is 17.4. The molecule has 0 aliphatic carbocycles. The highest BCUT2D eigenvalue weighted by molar-refractivity contribution is 7.89. The summed E-state index contributed by atoms with van der Waals surface area (Å²) in [4.78, 5) is 12.5. The maximum absolute atomic E-state index is 13.0. The predicted octanol–water partition coefficient (Wildman–Crippen LogP) is 2.75. The fourth-order valence-corrected chi connectivity index (χ4v) is 5.30. The fraction of sp³-hybridized carbons (Fsp3) is 0.238. The number of fused-ring (bicyclic) bond motifs is 1. The van der Waals surface area contributed by atoms with E-state index in [9.17, 15) is 13.5 Å². The Labute approximate surface area is 184 Å². The van der Waals surface area contributed by atoms with Gasteiger partial charge in [0.1, 0.15) is 0 Å². The maximum atomic E-state index is 13.0. The number of aromatic nitrogens is 5. The Morgan fingerprint density at radius 1 is 1.09 bits per heavy atom. The second kappa shape index (κ2) is 8.17. The summed E-state index contributed by atoms with van der Waals surface area (Å²) < 4.78 is 34.8. The molecule has 1 atom stereocenters. The number of benzene rings is 1. The van der Waals surface area contributed by atoms with Crippen LogP contribution in [0.4, 0.5) is 0 Å². The van der Waals surface area contributed by atoms with Crippen LogP contribution in [0.5, 0.6) is 17.6 Å². The van der Waals surface area contributed by atoms with Gasteiger partial charge in [0.15, 0.2) is 5.75 Å². The van der Waals surface area contributed by atoms with Crippen LogP contribution in [0.1, 0.15) is 18.9 Å². The number of ether oxygens (including phenoxy) is 1. The van der Waals surface area contributed by atoms with E-state index in [0.717, 1.165) is 12.8 Å². The standard InChI is InChI=1S/C21H20N6O4S/c28-20-18-8-9-22-12-19(18)24-21(25-20)31-16-11-23-27(14-16)15-5-4-10-26(13-15)32(29,30)17-6-2-1-3-7-17/h1-3,6-9,11-12,14-15H,4-5,10,13H2,(H,24,25,28)/t15-/m0/s1. The molecule has 164 valence electrons. The number of sulfonamides is 1. The topological polar surface area (TPSA) is 123 Å². The van der Waals surface area contributed by atoms with Crippen molar-refractivity contribution in [2.75, 3.05) is 13.1 Å². The highest BCUT2D eigenvalue weighted by Crippen LogP contribution is 2.29. The second-order valence-electron chi connectivity index (χ2n) is 7.45. The first kappa shape index (κ1) is 20.3. The number of nitrogens with zero attached hydrogens (tertiary/aromatic N) is 6. The Bertz CT molecular complexity index is 1360. The highest BCUT2D eigenvalue weighted by Gasteiger charge is 2.31. The van der Waals surface area contributed by atoms with E-state index in [-0.39, 0.29) is 22.8 Å². The number of piperidine rings is 1. The molecule has 1 aliphatic heterocycles. The molecule has 11 heteroatoms. The zero-order valence-corrected chi connectivity index (χ0v) is 17.8. The lowest BCUT2D eigenvalue weighted by Gasteiger charge is -2.32. The first-order chi connectivity index (χ1) is 15.5. The molecular formula is C21H20N6O4S. The molecule has 32 heavy (non-hydrogen) atoms. The summed E-state index contributed by atoms with van der Waals surface area (Å²) in [5, 5.41) is 14.9. The van der Waals surface area contributed by atoms with Crippen molar-refractivity contribution >= 4 is 20.9 Å². The van der Waals surface area contributed by atoms with E-state index in [4.69, 9.17) is 4.74 Å². The molecule has 10 nitrogen and oxygen atoms in total. The molecule has 1 aromatic carbocycles. The summed E-state index contributed by atoms with van der Waals surface area (Å²) in [6, 6.07) is 9.89. The number of rotatable bonds is 5. The van der Waals surface area contributed by atoms with E-state index in [2.05, 4.69) is 20.1 Å². The van der Waals surface area contributed by atoms with Crippen LogP contribution in [-0.2, 0) is 10.0 Å². The molecule has 0 amide bonds. The number of aromatic hydroxyl groups is 1. The van der Waals surface area contributed by atoms with Gasteiger partial charge in [-0.15, -0.1) is 0 Å². The molecule has 5 rings (SSSR count). The minimum Gasteiger partial charge on any atom is -0.493 e. The lowest BCUT2D eigenvalue weighted by atomic mass is 10.1. The van der Waals surface area contributed by atoms with Gasteiger partial charge in [0.05, 0.1) is 40.4 Å². The van der Waals surface area contributed by atoms with Gasteiger partial charge in [-0.05, 0) is 31.0 Å². The van der Waals surface area contributed by atoms with Crippen LogP contribution in [0, 0.1) is 0 Å². The Kier molecular flexibility index (Phi) is 5.19. The van der Waals surface area contributed by atoms with Crippen LogP contribution < -0.4 is 4.74 Å². The van der Waals surface area contributed by atoms with Gasteiger partial charge in [0.2, 0.25) is 15.9 Å². The van der Waals surface area contributed by atoms with Crippen LogP contribution >= 0.6 is 0 Å². The van der Waals surface area contributed by atoms with Gasteiger partial charge in [0, 0.05) is 19.3 Å². The van der Waals surface area contributed by atoms with Crippen molar-refractivity contribution in [3.63, 3.8) is 0 Å². The molecule has 4 aromatic rings. The van der Waals surface area contributed by atoms with E-state index in [0.29, 0.717) is 29.7 Å².